The molecule has 214 valence electrons. The summed E-state index contributed by atoms with van der Waals surface area (Å²) < 4.78 is 11.8. The number of nitrogens with one attached hydrogen (secondary N) is 1. The standard InChI is InChI=1S/C29H32N4O5.2ClH/c1-19(2)38-28-27-24(13-14-30-28)31-20(3)25(26(27)22-11-8-12-23(17-22)33(35)36)29(34)37-16-15-32(4)18-21-9-6-5-7-10-21;;/h5-14,17,19,26,31H,15-16,18H2,1-4H3;2*1H. The Labute approximate surface area is 246 Å². The van der Waals surface area contributed by atoms with Gasteiger partial charge in [0.15, 0.2) is 0 Å². The van der Waals surface area contributed by atoms with Crippen molar-refractivity contribution in [2.45, 2.75) is 39.3 Å². The van der Waals surface area contributed by atoms with Crippen LogP contribution < -0.4 is 10.1 Å². The number of aromatic nitrogens is 1. The van der Waals surface area contributed by atoms with Gasteiger partial charge in [-0.2, -0.15) is 0 Å². The molecule has 0 fully saturated rings. The average Bonchev–Trinajstić information content (AvgIpc) is 2.88. The zero-order valence-corrected chi connectivity index (χ0v) is 24.5. The number of allylic oxidation sites excluding steroid dienone is 1. The molecule has 1 unspecified atom stereocenters. The van der Waals surface area contributed by atoms with Crippen LogP contribution in [-0.2, 0) is 16.1 Å². The number of ether oxygens (including phenoxy) is 2. The molecule has 0 spiro atoms. The summed E-state index contributed by atoms with van der Waals surface area (Å²) in [5.41, 5.74) is 4.03. The van der Waals surface area contributed by atoms with E-state index in [-0.39, 0.29) is 43.2 Å². The largest absolute Gasteiger partial charge is 0.475 e. The summed E-state index contributed by atoms with van der Waals surface area (Å²) in [6.07, 6.45) is 1.47. The summed E-state index contributed by atoms with van der Waals surface area (Å²) in [5.74, 6) is -0.797. The molecule has 1 atom stereocenters. The van der Waals surface area contributed by atoms with Gasteiger partial charge in [0, 0.05) is 48.4 Å². The van der Waals surface area contributed by atoms with Gasteiger partial charge < -0.3 is 14.8 Å². The lowest BCUT2D eigenvalue weighted by molar-refractivity contribution is -0.384. The normalized spacial score (nSPS) is 14.0. The fraction of sp³-hybridized carbons (Fsp3) is 0.310. The number of anilines is 1. The number of carbonyl (C=O) groups excluding carboxylic acids is 1. The molecular weight excluding hydrogens is 555 g/mol. The number of nitro benzene ring substituents is 1. The Morgan fingerprint density at radius 3 is 2.52 bits per heavy atom. The number of hydrogen-bond acceptors (Lipinski definition) is 8. The van der Waals surface area contributed by atoms with E-state index in [1.54, 1.807) is 31.3 Å². The van der Waals surface area contributed by atoms with Crippen molar-refractivity contribution in [3.63, 3.8) is 0 Å². The molecule has 11 heteroatoms. The van der Waals surface area contributed by atoms with E-state index in [9.17, 15) is 14.9 Å². The van der Waals surface area contributed by atoms with Crippen LogP contribution in [0.1, 0.15) is 43.4 Å². The highest BCUT2D eigenvalue weighted by molar-refractivity contribution is 5.95. The van der Waals surface area contributed by atoms with Crippen molar-refractivity contribution in [3.8, 4) is 5.88 Å². The molecule has 1 aliphatic heterocycles. The van der Waals surface area contributed by atoms with Crippen LogP contribution in [0.2, 0.25) is 0 Å². The number of carbonyl (C=O) groups is 1. The minimum absolute atomic E-state index is 0. The Bertz CT molecular complexity index is 1350. The molecule has 1 aliphatic rings. The molecule has 0 amide bonds. The predicted molar refractivity (Wildman–Crippen MR) is 159 cm³/mol. The molecule has 1 aromatic heterocycles. The van der Waals surface area contributed by atoms with Gasteiger partial charge in [-0.05, 0) is 45.0 Å². The number of benzene rings is 2. The SMILES string of the molecule is CC1=C(C(=O)OCCN(C)Cc2ccccc2)C(c2cccc([N+](=O)[O-])c2)c2c(ccnc2OC(C)C)N1.Cl.Cl. The summed E-state index contributed by atoms with van der Waals surface area (Å²) in [6.45, 7) is 7.04. The summed E-state index contributed by atoms with van der Waals surface area (Å²) in [4.78, 5) is 31.2. The Balaban J connectivity index is 0.00000280. The second kappa shape index (κ2) is 14.6. The average molecular weight is 590 g/mol. The van der Waals surface area contributed by atoms with Crippen LogP contribution in [-0.4, -0.2) is 47.1 Å². The molecule has 4 rings (SSSR count). The van der Waals surface area contributed by atoms with Gasteiger partial charge in [0.05, 0.1) is 22.5 Å². The molecule has 1 N–H and O–H groups in total. The molecule has 0 saturated heterocycles. The van der Waals surface area contributed by atoms with Crippen LogP contribution in [0.3, 0.4) is 0 Å². The van der Waals surface area contributed by atoms with Crippen molar-refractivity contribution < 1.29 is 19.2 Å². The van der Waals surface area contributed by atoms with Gasteiger partial charge in [-0.3, -0.25) is 15.0 Å². The fourth-order valence-electron chi connectivity index (χ4n) is 4.56. The second-order valence-electron chi connectivity index (χ2n) is 9.55. The van der Waals surface area contributed by atoms with E-state index in [0.717, 1.165) is 12.2 Å². The number of nitro groups is 1. The number of esters is 1. The molecule has 2 aromatic carbocycles. The Morgan fingerprint density at radius 1 is 1.12 bits per heavy atom. The van der Waals surface area contributed by atoms with Gasteiger partial charge >= 0.3 is 5.97 Å². The van der Waals surface area contributed by atoms with Crippen LogP contribution in [0, 0.1) is 10.1 Å². The molecule has 40 heavy (non-hydrogen) atoms. The summed E-state index contributed by atoms with van der Waals surface area (Å²) in [7, 11) is 1.97. The van der Waals surface area contributed by atoms with E-state index in [2.05, 4.69) is 27.3 Å². The Kier molecular flexibility index (Phi) is 11.9. The topological polar surface area (TPSA) is 107 Å². The first-order chi connectivity index (χ1) is 18.2. The number of pyridine rings is 1. The van der Waals surface area contributed by atoms with E-state index in [1.165, 1.54) is 17.7 Å². The Morgan fingerprint density at radius 2 is 1.85 bits per heavy atom. The second-order valence-corrected chi connectivity index (χ2v) is 9.55. The van der Waals surface area contributed by atoms with Crippen molar-refractivity contribution >= 4 is 42.2 Å². The van der Waals surface area contributed by atoms with Gasteiger partial charge in [-0.15, -0.1) is 24.8 Å². The number of fused-ring (bicyclic) bond motifs is 1. The van der Waals surface area contributed by atoms with E-state index < -0.39 is 16.8 Å². The number of non-ortho nitro benzene ring substituents is 1. The first-order valence-corrected chi connectivity index (χ1v) is 12.5. The molecule has 0 aliphatic carbocycles. The van der Waals surface area contributed by atoms with Crippen molar-refractivity contribution in [1.82, 2.24) is 9.88 Å². The zero-order chi connectivity index (χ0) is 27.2. The van der Waals surface area contributed by atoms with Crippen molar-refractivity contribution in [2.75, 3.05) is 25.5 Å². The van der Waals surface area contributed by atoms with Crippen LogP contribution in [0.15, 0.2) is 78.1 Å². The van der Waals surface area contributed by atoms with Crippen LogP contribution in [0.5, 0.6) is 5.88 Å². The molecule has 9 nitrogen and oxygen atoms in total. The van der Waals surface area contributed by atoms with Crippen molar-refractivity contribution in [1.29, 1.82) is 0 Å². The van der Waals surface area contributed by atoms with Crippen LogP contribution in [0.4, 0.5) is 11.4 Å². The highest BCUT2D eigenvalue weighted by Gasteiger charge is 2.37. The van der Waals surface area contributed by atoms with Gasteiger partial charge in [-0.1, -0.05) is 42.5 Å². The minimum atomic E-state index is -0.664. The van der Waals surface area contributed by atoms with Crippen LogP contribution in [0.25, 0.3) is 0 Å². The monoisotopic (exact) mass is 588 g/mol. The Hall–Kier alpha value is -3.66. The number of likely N-dealkylation sites (N-methyl/N-ethyl adjacent to an activating group) is 1. The first-order valence-electron chi connectivity index (χ1n) is 12.5. The maximum absolute atomic E-state index is 13.6. The van der Waals surface area contributed by atoms with Gasteiger partial charge in [0.25, 0.3) is 5.69 Å². The summed E-state index contributed by atoms with van der Waals surface area (Å²) in [6, 6.07) is 18.2. The molecule has 0 radical (unpaired) electrons. The minimum Gasteiger partial charge on any atom is -0.475 e. The van der Waals surface area contributed by atoms with Gasteiger partial charge in [-0.25, -0.2) is 9.78 Å². The highest BCUT2D eigenvalue weighted by Crippen LogP contribution is 2.46. The lowest BCUT2D eigenvalue weighted by atomic mass is 9.81. The third kappa shape index (κ3) is 7.71. The smallest absolute Gasteiger partial charge is 0.336 e. The van der Waals surface area contributed by atoms with Crippen LogP contribution >= 0.6 is 24.8 Å². The van der Waals surface area contributed by atoms with Crippen molar-refractivity contribution in [2.24, 2.45) is 0 Å². The highest BCUT2D eigenvalue weighted by atomic mass is 35.5. The predicted octanol–water partition coefficient (Wildman–Crippen LogP) is 6.13. The van der Waals surface area contributed by atoms with Gasteiger partial charge in [0.2, 0.25) is 5.88 Å². The number of rotatable bonds is 10. The quantitative estimate of drug-likeness (QED) is 0.171. The number of hydrogen-bond donors (Lipinski definition) is 1. The number of nitrogens with zero attached hydrogens (tertiary/aromatic N) is 3. The molecule has 2 heterocycles. The van der Waals surface area contributed by atoms with E-state index in [0.29, 0.717) is 34.8 Å². The third-order valence-electron chi connectivity index (χ3n) is 6.24. The summed E-state index contributed by atoms with van der Waals surface area (Å²) in [5, 5.41) is 14.8. The van der Waals surface area contributed by atoms with E-state index in [1.807, 2.05) is 39.1 Å². The van der Waals surface area contributed by atoms with Crippen molar-refractivity contribution in [3.05, 3.63) is 105 Å². The lowest BCUT2D eigenvalue weighted by Crippen LogP contribution is -2.28. The molecule has 0 saturated carbocycles. The number of halogens is 2. The van der Waals surface area contributed by atoms with E-state index in [4.69, 9.17) is 9.47 Å². The molecule has 0 bridgehead atoms. The molecular formula is C29H34Cl2N4O5. The maximum Gasteiger partial charge on any atom is 0.336 e. The maximum atomic E-state index is 13.6. The van der Waals surface area contributed by atoms with Gasteiger partial charge in [0.1, 0.15) is 6.61 Å². The first kappa shape index (κ1) is 32.6. The third-order valence-corrected chi connectivity index (χ3v) is 6.24. The summed E-state index contributed by atoms with van der Waals surface area (Å²) >= 11 is 0. The van der Waals surface area contributed by atoms with E-state index >= 15 is 0 Å². The zero-order valence-electron chi connectivity index (χ0n) is 22.8. The molecule has 3 aromatic rings. The fourth-order valence-corrected chi connectivity index (χ4v) is 4.56. The lowest BCUT2D eigenvalue weighted by Gasteiger charge is -2.31.